The number of methoxy groups -OCH3 is 1. The highest BCUT2D eigenvalue weighted by atomic mass is 16.5. The number of para-hydroxylation sites is 1. The van der Waals surface area contributed by atoms with E-state index < -0.39 is 0 Å². The SMILES string of the molecule is CO[C@@H]1CCOC[C@H]1NC(=O)c1ccccc1OCCc1ccccc1. The van der Waals surface area contributed by atoms with Crippen LogP contribution in [0.25, 0.3) is 0 Å². The van der Waals surface area contributed by atoms with Gasteiger partial charge >= 0.3 is 0 Å². The molecule has 0 aliphatic carbocycles. The Labute approximate surface area is 154 Å². The Hall–Kier alpha value is -2.37. The van der Waals surface area contributed by atoms with Gasteiger partial charge in [0.2, 0.25) is 0 Å². The van der Waals surface area contributed by atoms with Crippen molar-refractivity contribution in [3.05, 3.63) is 65.7 Å². The maximum absolute atomic E-state index is 12.7. The van der Waals surface area contributed by atoms with Crippen LogP contribution >= 0.6 is 0 Å². The molecule has 2 aromatic carbocycles. The minimum absolute atomic E-state index is 0.0288. The third-order valence-corrected chi connectivity index (χ3v) is 4.53. The zero-order valence-corrected chi connectivity index (χ0v) is 15.0. The summed E-state index contributed by atoms with van der Waals surface area (Å²) in [7, 11) is 1.66. The predicted octanol–water partition coefficient (Wildman–Crippen LogP) is 2.84. The molecule has 0 unspecified atom stereocenters. The molecule has 0 aromatic heterocycles. The molecule has 1 aliphatic rings. The van der Waals surface area contributed by atoms with Crippen molar-refractivity contribution in [2.45, 2.75) is 25.0 Å². The second-order valence-corrected chi connectivity index (χ2v) is 6.30. The van der Waals surface area contributed by atoms with Crippen LogP contribution in [-0.2, 0) is 15.9 Å². The topological polar surface area (TPSA) is 56.8 Å². The molecule has 1 heterocycles. The van der Waals surface area contributed by atoms with E-state index in [0.29, 0.717) is 31.1 Å². The molecule has 2 atom stereocenters. The van der Waals surface area contributed by atoms with Gasteiger partial charge in [0.1, 0.15) is 5.75 Å². The normalized spacial score (nSPS) is 19.7. The first-order chi connectivity index (χ1) is 12.8. The Kier molecular flexibility index (Phi) is 6.63. The minimum atomic E-state index is -0.169. The van der Waals surface area contributed by atoms with Crippen LogP contribution in [0.15, 0.2) is 54.6 Å². The average Bonchev–Trinajstić information content (AvgIpc) is 2.69. The molecule has 1 amide bonds. The van der Waals surface area contributed by atoms with Crippen molar-refractivity contribution in [1.29, 1.82) is 0 Å². The van der Waals surface area contributed by atoms with E-state index in [1.54, 1.807) is 13.2 Å². The number of hydrogen-bond donors (Lipinski definition) is 1. The van der Waals surface area contributed by atoms with E-state index in [1.807, 2.05) is 36.4 Å². The van der Waals surface area contributed by atoms with Gasteiger partial charge in [-0.25, -0.2) is 0 Å². The van der Waals surface area contributed by atoms with Gasteiger partial charge in [-0.2, -0.15) is 0 Å². The zero-order chi connectivity index (χ0) is 18.2. The third kappa shape index (κ3) is 4.84. The van der Waals surface area contributed by atoms with E-state index in [1.165, 1.54) is 5.56 Å². The number of carbonyl (C=O) groups is 1. The van der Waals surface area contributed by atoms with Crippen LogP contribution in [0.5, 0.6) is 5.75 Å². The fourth-order valence-corrected chi connectivity index (χ4v) is 3.08. The summed E-state index contributed by atoms with van der Waals surface area (Å²) in [5.74, 6) is 0.421. The largest absolute Gasteiger partial charge is 0.492 e. The summed E-state index contributed by atoms with van der Waals surface area (Å²) in [5, 5.41) is 3.02. The fourth-order valence-electron chi connectivity index (χ4n) is 3.08. The van der Waals surface area contributed by atoms with Crippen LogP contribution in [0.4, 0.5) is 0 Å². The molecule has 138 valence electrons. The number of amides is 1. The molecule has 1 N–H and O–H groups in total. The van der Waals surface area contributed by atoms with E-state index >= 15 is 0 Å². The molecular formula is C21H25NO4. The monoisotopic (exact) mass is 355 g/mol. The van der Waals surface area contributed by atoms with Gasteiger partial charge < -0.3 is 19.5 Å². The van der Waals surface area contributed by atoms with Crippen LogP contribution < -0.4 is 10.1 Å². The highest BCUT2D eigenvalue weighted by Crippen LogP contribution is 2.19. The molecular weight excluding hydrogens is 330 g/mol. The van der Waals surface area contributed by atoms with Crippen LogP contribution in [0, 0.1) is 0 Å². The molecule has 5 heteroatoms. The average molecular weight is 355 g/mol. The van der Waals surface area contributed by atoms with Crippen molar-refractivity contribution in [3.63, 3.8) is 0 Å². The lowest BCUT2D eigenvalue weighted by atomic mass is 10.1. The van der Waals surface area contributed by atoms with Crippen LogP contribution in [0.1, 0.15) is 22.3 Å². The van der Waals surface area contributed by atoms with Crippen molar-refractivity contribution in [2.75, 3.05) is 26.9 Å². The van der Waals surface area contributed by atoms with Gasteiger partial charge in [0.05, 0.1) is 30.9 Å². The van der Waals surface area contributed by atoms with Gasteiger partial charge in [-0.15, -0.1) is 0 Å². The van der Waals surface area contributed by atoms with Gasteiger partial charge in [0.25, 0.3) is 5.91 Å². The van der Waals surface area contributed by atoms with E-state index in [2.05, 4.69) is 17.4 Å². The molecule has 0 spiro atoms. The highest BCUT2D eigenvalue weighted by Gasteiger charge is 2.28. The second kappa shape index (κ2) is 9.36. The molecule has 0 bridgehead atoms. The summed E-state index contributed by atoms with van der Waals surface area (Å²) < 4.78 is 16.8. The molecule has 26 heavy (non-hydrogen) atoms. The van der Waals surface area contributed by atoms with E-state index in [4.69, 9.17) is 14.2 Å². The summed E-state index contributed by atoms with van der Waals surface area (Å²) in [6, 6.07) is 17.3. The van der Waals surface area contributed by atoms with Crippen molar-refractivity contribution in [3.8, 4) is 5.75 Å². The second-order valence-electron chi connectivity index (χ2n) is 6.30. The summed E-state index contributed by atoms with van der Waals surface area (Å²) in [6.07, 6.45) is 1.54. The van der Waals surface area contributed by atoms with Crippen molar-refractivity contribution >= 4 is 5.91 Å². The highest BCUT2D eigenvalue weighted by molar-refractivity contribution is 5.97. The van der Waals surface area contributed by atoms with Gasteiger partial charge in [0.15, 0.2) is 0 Å². The Bertz CT molecular complexity index is 704. The Morgan fingerprint density at radius 2 is 1.92 bits per heavy atom. The Balaban J connectivity index is 1.61. The van der Waals surface area contributed by atoms with E-state index in [0.717, 1.165) is 12.8 Å². The maximum atomic E-state index is 12.7. The minimum Gasteiger partial charge on any atom is -0.492 e. The number of carbonyl (C=O) groups excluding carboxylic acids is 1. The molecule has 2 aromatic rings. The number of rotatable bonds is 7. The van der Waals surface area contributed by atoms with Gasteiger partial charge in [-0.1, -0.05) is 42.5 Å². The lowest BCUT2D eigenvalue weighted by molar-refractivity contribution is -0.0349. The Morgan fingerprint density at radius 3 is 2.73 bits per heavy atom. The summed E-state index contributed by atoms with van der Waals surface area (Å²) in [4.78, 5) is 12.7. The first-order valence-corrected chi connectivity index (χ1v) is 8.95. The number of benzene rings is 2. The molecule has 1 fully saturated rings. The molecule has 3 rings (SSSR count). The van der Waals surface area contributed by atoms with Crippen molar-refractivity contribution < 1.29 is 19.0 Å². The van der Waals surface area contributed by atoms with Gasteiger partial charge in [-0.3, -0.25) is 4.79 Å². The summed E-state index contributed by atoms with van der Waals surface area (Å²) in [6.45, 7) is 1.63. The Morgan fingerprint density at radius 1 is 1.15 bits per heavy atom. The van der Waals surface area contributed by atoms with Crippen LogP contribution in [-0.4, -0.2) is 45.0 Å². The third-order valence-electron chi connectivity index (χ3n) is 4.53. The number of ether oxygens (including phenoxy) is 3. The zero-order valence-electron chi connectivity index (χ0n) is 15.0. The van der Waals surface area contributed by atoms with Gasteiger partial charge in [0, 0.05) is 20.1 Å². The van der Waals surface area contributed by atoms with E-state index in [9.17, 15) is 4.79 Å². The molecule has 5 nitrogen and oxygen atoms in total. The first-order valence-electron chi connectivity index (χ1n) is 8.95. The molecule has 1 aliphatic heterocycles. The summed E-state index contributed by atoms with van der Waals surface area (Å²) in [5.41, 5.74) is 1.73. The molecule has 1 saturated heterocycles. The van der Waals surface area contributed by atoms with E-state index in [-0.39, 0.29) is 18.1 Å². The maximum Gasteiger partial charge on any atom is 0.255 e. The predicted molar refractivity (Wildman–Crippen MR) is 99.6 cm³/mol. The quantitative estimate of drug-likeness (QED) is 0.830. The molecule has 0 radical (unpaired) electrons. The smallest absolute Gasteiger partial charge is 0.255 e. The lowest BCUT2D eigenvalue weighted by Crippen LogP contribution is -2.50. The standard InChI is InChI=1S/C21H25NO4/c1-24-20-12-13-25-15-18(20)22-21(23)17-9-5-6-10-19(17)26-14-11-16-7-3-2-4-8-16/h2-10,18,20H,11-15H2,1H3,(H,22,23)/t18-,20-/m1/s1. The van der Waals surface area contributed by atoms with Crippen LogP contribution in [0.3, 0.4) is 0 Å². The summed E-state index contributed by atoms with van der Waals surface area (Å²) >= 11 is 0. The van der Waals surface area contributed by atoms with Gasteiger partial charge in [-0.05, 0) is 24.1 Å². The fraction of sp³-hybridized carbons (Fsp3) is 0.381. The van der Waals surface area contributed by atoms with Crippen molar-refractivity contribution in [2.24, 2.45) is 0 Å². The molecule has 0 saturated carbocycles. The first kappa shape index (κ1) is 18.4. The van der Waals surface area contributed by atoms with Crippen LogP contribution in [0.2, 0.25) is 0 Å². The lowest BCUT2D eigenvalue weighted by Gasteiger charge is -2.31. The van der Waals surface area contributed by atoms with Crippen molar-refractivity contribution in [1.82, 2.24) is 5.32 Å². The number of nitrogens with one attached hydrogen (secondary N) is 1. The number of hydrogen-bond acceptors (Lipinski definition) is 4.